The van der Waals surface area contributed by atoms with E-state index in [1.807, 2.05) is 0 Å². The molecule has 0 bridgehead atoms. The number of ether oxygens (including phenoxy) is 1. The van der Waals surface area contributed by atoms with Crippen molar-refractivity contribution >= 4 is 22.6 Å². The van der Waals surface area contributed by atoms with Crippen molar-refractivity contribution in [1.82, 2.24) is 9.88 Å². The number of nitrogens with one attached hydrogen (secondary N) is 1. The molecule has 11 heteroatoms. The summed E-state index contributed by atoms with van der Waals surface area (Å²) in [4.78, 5) is 18.2. The van der Waals surface area contributed by atoms with Gasteiger partial charge in [0, 0.05) is 48.1 Å². The number of carbonyl (C=O) groups is 1. The third-order valence-electron chi connectivity index (χ3n) is 7.81. The largest absolute Gasteiger partial charge is 0.497 e. The molecule has 1 aliphatic heterocycles. The van der Waals surface area contributed by atoms with Gasteiger partial charge in [-0.25, -0.2) is 17.6 Å². The molecule has 2 aromatic carbocycles. The molecule has 0 amide bonds. The maximum Gasteiger partial charge on any atom is 0.303 e. The Morgan fingerprint density at radius 2 is 1.88 bits per heavy atom. The summed E-state index contributed by atoms with van der Waals surface area (Å²) in [6, 6.07) is 6.99. The number of aliphatic hydroxyl groups excluding tert-OH is 1. The normalized spacial score (nSPS) is 16.1. The zero-order chi connectivity index (χ0) is 28.9. The highest BCUT2D eigenvalue weighted by atomic mass is 19.2. The van der Waals surface area contributed by atoms with Crippen molar-refractivity contribution < 1.29 is 37.3 Å². The van der Waals surface area contributed by atoms with E-state index in [9.17, 15) is 32.6 Å². The molecule has 1 aliphatic rings. The molecule has 1 atom stereocenters. The average molecular weight is 564 g/mol. The van der Waals surface area contributed by atoms with Crippen molar-refractivity contribution in [3.05, 3.63) is 65.1 Å². The van der Waals surface area contributed by atoms with E-state index in [0.29, 0.717) is 67.7 Å². The highest BCUT2D eigenvalue weighted by molar-refractivity contribution is 5.85. The predicted molar refractivity (Wildman–Crippen MR) is 142 cm³/mol. The van der Waals surface area contributed by atoms with Gasteiger partial charge in [0.15, 0.2) is 17.5 Å². The number of hydrogen-bond donors (Lipinski definition) is 3. The number of carboxylic acid groups (broad SMARTS) is 1. The first-order valence-electron chi connectivity index (χ1n) is 13.2. The molecule has 40 heavy (non-hydrogen) atoms. The standard InChI is InChI=1S/C29H33F4N3O4/c1-40-20-2-3-24-21(14-20)27(18(16-30)17-35-24)25(37)4-5-29(15-26(38)39)6-9-36(10-7-29)11-8-34-19-12-22(31)28(33)23(32)13-19/h2-3,12-14,17,25,34,37H,4-11,15-16H2,1H3,(H,38,39). The molecule has 3 N–H and O–H groups in total. The maximum atomic E-state index is 13.9. The van der Waals surface area contributed by atoms with Gasteiger partial charge < -0.3 is 25.2 Å². The summed E-state index contributed by atoms with van der Waals surface area (Å²) in [7, 11) is 1.52. The topological polar surface area (TPSA) is 94.9 Å². The molecule has 0 spiro atoms. The third kappa shape index (κ3) is 6.82. The van der Waals surface area contributed by atoms with Gasteiger partial charge in [-0.15, -0.1) is 0 Å². The van der Waals surface area contributed by atoms with E-state index in [2.05, 4.69) is 15.2 Å². The van der Waals surface area contributed by atoms with Gasteiger partial charge in [0.25, 0.3) is 0 Å². The van der Waals surface area contributed by atoms with Crippen LogP contribution in [0.1, 0.15) is 49.3 Å². The lowest BCUT2D eigenvalue weighted by atomic mass is 9.71. The Balaban J connectivity index is 1.40. The minimum Gasteiger partial charge on any atom is -0.497 e. The molecule has 1 saturated heterocycles. The second kappa shape index (κ2) is 12.8. The molecule has 2 heterocycles. The van der Waals surface area contributed by atoms with E-state index < -0.39 is 41.6 Å². The fraction of sp³-hybridized carbons (Fsp3) is 0.448. The van der Waals surface area contributed by atoms with E-state index in [4.69, 9.17) is 4.74 Å². The number of benzene rings is 2. The number of halogens is 4. The Bertz CT molecular complexity index is 1320. The van der Waals surface area contributed by atoms with Crippen LogP contribution in [0.3, 0.4) is 0 Å². The number of likely N-dealkylation sites (tertiary alicyclic amines) is 1. The van der Waals surface area contributed by atoms with Gasteiger partial charge in [0.2, 0.25) is 0 Å². The number of aliphatic carboxylic acids is 1. The van der Waals surface area contributed by atoms with Crippen molar-refractivity contribution in [2.45, 2.75) is 44.9 Å². The molecule has 1 aromatic heterocycles. The Kier molecular flexibility index (Phi) is 9.47. The number of fused-ring (bicyclic) bond motifs is 1. The Morgan fingerprint density at radius 3 is 2.50 bits per heavy atom. The van der Waals surface area contributed by atoms with Crippen LogP contribution in [0, 0.1) is 22.9 Å². The zero-order valence-electron chi connectivity index (χ0n) is 22.2. The third-order valence-corrected chi connectivity index (χ3v) is 7.81. The van der Waals surface area contributed by atoms with Crippen molar-refractivity contribution in [2.75, 3.05) is 38.6 Å². The highest BCUT2D eigenvalue weighted by Crippen LogP contribution is 2.42. The lowest BCUT2D eigenvalue weighted by molar-refractivity contribution is -0.141. The number of nitrogens with zero attached hydrogens (tertiary/aromatic N) is 2. The molecular formula is C29H33F4N3O4. The molecule has 0 aliphatic carbocycles. The summed E-state index contributed by atoms with van der Waals surface area (Å²) >= 11 is 0. The number of hydrogen-bond acceptors (Lipinski definition) is 6. The van der Waals surface area contributed by atoms with Gasteiger partial charge >= 0.3 is 5.97 Å². The predicted octanol–water partition coefficient (Wildman–Crippen LogP) is 5.61. The molecule has 1 fully saturated rings. The van der Waals surface area contributed by atoms with Gasteiger partial charge in [0.05, 0.1) is 25.2 Å². The van der Waals surface area contributed by atoms with Gasteiger partial charge in [-0.3, -0.25) is 9.78 Å². The summed E-state index contributed by atoms with van der Waals surface area (Å²) < 4.78 is 59.2. The molecule has 7 nitrogen and oxygen atoms in total. The maximum absolute atomic E-state index is 13.9. The first kappa shape index (κ1) is 29.5. The van der Waals surface area contributed by atoms with Crippen LogP contribution in [-0.2, 0) is 11.5 Å². The van der Waals surface area contributed by atoms with Crippen LogP contribution in [-0.4, -0.2) is 59.4 Å². The Morgan fingerprint density at radius 1 is 1.18 bits per heavy atom. The minimum atomic E-state index is -1.51. The summed E-state index contributed by atoms with van der Waals surface area (Å²) in [5.41, 5.74) is 0.908. The van der Waals surface area contributed by atoms with Crippen molar-refractivity contribution in [2.24, 2.45) is 5.41 Å². The second-order valence-electron chi connectivity index (χ2n) is 10.4. The number of alkyl halides is 1. The fourth-order valence-corrected chi connectivity index (χ4v) is 5.55. The van der Waals surface area contributed by atoms with Gasteiger partial charge in [-0.05, 0) is 68.0 Å². The van der Waals surface area contributed by atoms with Crippen LogP contribution < -0.4 is 10.1 Å². The molecule has 1 unspecified atom stereocenters. The average Bonchev–Trinajstić information content (AvgIpc) is 2.94. The van der Waals surface area contributed by atoms with E-state index in [1.54, 1.807) is 18.2 Å². The number of methoxy groups -OCH3 is 1. The molecule has 0 radical (unpaired) electrons. The summed E-state index contributed by atoms with van der Waals surface area (Å²) in [6.07, 6.45) is 2.18. The number of carboxylic acids is 1. The number of aliphatic hydroxyl groups is 1. The monoisotopic (exact) mass is 563 g/mol. The first-order chi connectivity index (χ1) is 19.1. The number of anilines is 1. The highest BCUT2D eigenvalue weighted by Gasteiger charge is 2.37. The van der Waals surface area contributed by atoms with E-state index in [-0.39, 0.29) is 24.1 Å². The van der Waals surface area contributed by atoms with Crippen molar-refractivity contribution in [3.8, 4) is 5.75 Å². The molecule has 0 saturated carbocycles. The lowest BCUT2D eigenvalue weighted by Gasteiger charge is -2.41. The van der Waals surface area contributed by atoms with E-state index in [1.165, 1.54) is 13.3 Å². The fourth-order valence-electron chi connectivity index (χ4n) is 5.55. The van der Waals surface area contributed by atoms with Crippen LogP contribution >= 0.6 is 0 Å². The van der Waals surface area contributed by atoms with E-state index in [0.717, 1.165) is 12.1 Å². The first-order valence-corrected chi connectivity index (χ1v) is 13.2. The van der Waals surface area contributed by atoms with Crippen LogP contribution in [0.15, 0.2) is 36.5 Å². The summed E-state index contributed by atoms with van der Waals surface area (Å²) in [5.74, 6) is -4.41. The number of aromatic nitrogens is 1. The SMILES string of the molecule is COc1ccc2ncc(CF)c(C(O)CCC3(CC(=O)O)CCN(CCNc4cc(F)c(F)c(F)c4)CC3)c2c1. The molecule has 216 valence electrons. The van der Waals surface area contributed by atoms with Gasteiger partial charge in [-0.1, -0.05) is 0 Å². The summed E-state index contributed by atoms with van der Waals surface area (Å²) in [6.45, 7) is 1.30. The summed E-state index contributed by atoms with van der Waals surface area (Å²) in [5, 5.41) is 24.4. The van der Waals surface area contributed by atoms with E-state index >= 15 is 0 Å². The van der Waals surface area contributed by atoms with Crippen LogP contribution in [0.25, 0.3) is 10.9 Å². The van der Waals surface area contributed by atoms with Crippen molar-refractivity contribution in [1.29, 1.82) is 0 Å². The number of piperidine rings is 1. The van der Waals surface area contributed by atoms with Crippen LogP contribution in [0.2, 0.25) is 0 Å². The lowest BCUT2D eigenvalue weighted by Crippen LogP contribution is -2.43. The van der Waals surface area contributed by atoms with Crippen LogP contribution in [0.4, 0.5) is 23.2 Å². The smallest absolute Gasteiger partial charge is 0.303 e. The molecule has 4 rings (SSSR count). The number of rotatable bonds is 12. The second-order valence-corrected chi connectivity index (χ2v) is 10.4. The molecule has 3 aromatic rings. The van der Waals surface area contributed by atoms with Gasteiger partial charge in [0.1, 0.15) is 12.4 Å². The minimum absolute atomic E-state index is 0.0547. The van der Waals surface area contributed by atoms with Crippen molar-refractivity contribution in [3.63, 3.8) is 0 Å². The van der Waals surface area contributed by atoms with Gasteiger partial charge in [-0.2, -0.15) is 0 Å². The molecular weight excluding hydrogens is 530 g/mol. The van der Waals surface area contributed by atoms with Crippen LogP contribution in [0.5, 0.6) is 5.75 Å². The Labute approximate surface area is 229 Å². The zero-order valence-corrected chi connectivity index (χ0v) is 22.2. The quantitative estimate of drug-likeness (QED) is 0.195. The number of pyridine rings is 1. The Hall–Kier alpha value is -3.44.